The summed E-state index contributed by atoms with van der Waals surface area (Å²) in [5.41, 5.74) is 0. The third kappa shape index (κ3) is 5.16. The minimum atomic E-state index is 0.00375. The first-order valence-corrected chi connectivity index (χ1v) is 4.93. The zero-order chi connectivity index (χ0) is 10.2. The maximum Gasteiger partial charge on any atom is 0.216 e. The van der Waals surface area contributed by atoms with Crippen LogP contribution in [0.3, 0.4) is 0 Å². The number of amides is 1. The zero-order valence-corrected chi connectivity index (χ0v) is 8.54. The van der Waals surface area contributed by atoms with Crippen molar-refractivity contribution in [3.05, 3.63) is 0 Å². The van der Waals surface area contributed by atoms with Gasteiger partial charge in [0, 0.05) is 26.6 Å². The van der Waals surface area contributed by atoms with Gasteiger partial charge in [0.2, 0.25) is 5.91 Å². The van der Waals surface area contributed by atoms with Crippen LogP contribution in [-0.4, -0.2) is 51.5 Å². The van der Waals surface area contributed by atoms with Crippen LogP contribution in [0.25, 0.3) is 0 Å². The molecule has 1 fully saturated rings. The van der Waals surface area contributed by atoms with E-state index in [0.29, 0.717) is 26.4 Å². The van der Waals surface area contributed by atoms with Crippen LogP contribution in [0.2, 0.25) is 0 Å². The molecular weight excluding hydrogens is 184 g/mol. The first-order chi connectivity index (χ1) is 6.79. The number of ether oxygens (including phenoxy) is 2. The predicted molar refractivity (Wildman–Crippen MR) is 52.1 cm³/mol. The average Bonchev–Trinajstić information content (AvgIpc) is 2.18. The molecule has 14 heavy (non-hydrogen) atoms. The first kappa shape index (κ1) is 11.4. The summed E-state index contributed by atoms with van der Waals surface area (Å²) in [5.74, 6) is 0.00375. The fourth-order valence-corrected chi connectivity index (χ4v) is 1.24. The Morgan fingerprint density at radius 2 is 2.29 bits per heavy atom. The average molecular weight is 202 g/mol. The SMILES string of the molecule is CC(=O)NCCNCC1COCCO1. The van der Waals surface area contributed by atoms with Gasteiger partial charge in [-0.05, 0) is 0 Å². The van der Waals surface area contributed by atoms with E-state index in [2.05, 4.69) is 10.6 Å². The lowest BCUT2D eigenvalue weighted by Gasteiger charge is -2.23. The van der Waals surface area contributed by atoms with Crippen LogP contribution in [0.5, 0.6) is 0 Å². The molecule has 0 aromatic carbocycles. The number of hydrogen-bond acceptors (Lipinski definition) is 4. The van der Waals surface area contributed by atoms with E-state index in [1.807, 2.05) is 0 Å². The molecule has 1 saturated heterocycles. The number of carbonyl (C=O) groups excluding carboxylic acids is 1. The fourth-order valence-electron chi connectivity index (χ4n) is 1.24. The molecule has 1 rings (SSSR count). The van der Waals surface area contributed by atoms with Gasteiger partial charge in [0.15, 0.2) is 0 Å². The summed E-state index contributed by atoms with van der Waals surface area (Å²) in [4.78, 5) is 10.5. The third-order valence-electron chi connectivity index (χ3n) is 1.93. The molecule has 1 unspecified atom stereocenters. The lowest BCUT2D eigenvalue weighted by molar-refractivity contribution is -0.118. The van der Waals surface area contributed by atoms with Crippen molar-refractivity contribution in [2.24, 2.45) is 0 Å². The molecule has 0 bridgehead atoms. The van der Waals surface area contributed by atoms with E-state index in [4.69, 9.17) is 9.47 Å². The van der Waals surface area contributed by atoms with Gasteiger partial charge in [-0.1, -0.05) is 0 Å². The summed E-state index contributed by atoms with van der Waals surface area (Å²) in [6, 6.07) is 0. The Hall–Kier alpha value is -0.650. The predicted octanol–water partition coefficient (Wildman–Crippen LogP) is -0.872. The van der Waals surface area contributed by atoms with Gasteiger partial charge < -0.3 is 20.1 Å². The quantitative estimate of drug-likeness (QED) is 0.569. The van der Waals surface area contributed by atoms with Crippen molar-refractivity contribution < 1.29 is 14.3 Å². The highest BCUT2D eigenvalue weighted by Crippen LogP contribution is 1.98. The van der Waals surface area contributed by atoms with E-state index in [1.165, 1.54) is 6.92 Å². The molecule has 0 aliphatic carbocycles. The second kappa shape index (κ2) is 6.75. The maximum atomic E-state index is 10.5. The molecule has 5 nitrogen and oxygen atoms in total. The molecule has 82 valence electrons. The van der Waals surface area contributed by atoms with Crippen molar-refractivity contribution in [2.75, 3.05) is 39.5 Å². The van der Waals surface area contributed by atoms with Crippen LogP contribution in [0, 0.1) is 0 Å². The van der Waals surface area contributed by atoms with Crippen molar-refractivity contribution in [1.82, 2.24) is 10.6 Å². The monoisotopic (exact) mass is 202 g/mol. The van der Waals surface area contributed by atoms with Crippen molar-refractivity contribution >= 4 is 5.91 Å². The van der Waals surface area contributed by atoms with Crippen LogP contribution in [0.15, 0.2) is 0 Å². The largest absolute Gasteiger partial charge is 0.376 e. The molecule has 2 N–H and O–H groups in total. The van der Waals surface area contributed by atoms with Crippen LogP contribution in [0.4, 0.5) is 0 Å². The highest BCUT2D eigenvalue weighted by molar-refractivity contribution is 5.72. The van der Waals surface area contributed by atoms with Crippen molar-refractivity contribution in [3.63, 3.8) is 0 Å². The van der Waals surface area contributed by atoms with E-state index >= 15 is 0 Å². The molecule has 1 aliphatic rings. The number of nitrogens with one attached hydrogen (secondary N) is 2. The second-order valence-electron chi connectivity index (χ2n) is 3.25. The third-order valence-corrected chi connectivity index (χ3v) is 1.93. The summed E-state index contributed by atoms with van der Waals surface area (Å²) in [5, 5.41) is 5.90. The molecule has 0 radical (unpaired) electrons. The van der Waals surface area contributed by atoms with Crippen molar-refractivity contribution in [3.8, 4) is 0 Å². The molecular formula is C9H18N2O3. The summed E-state index contributed by atoms with van der Waals surface area (Å²) < 4.78 is 10.7. The van der Waals surface area contributed by atoms with Crippen LogP contribution < -0.4 is 10.6 Å². The van der Waals surface area contributed by atoms with E-state index < -0.39 is 0 Å². The molecule has 1 atom stereocenters. The summed E-state index contributed by atoms with van der Waals surface area (Å²) in [6.07, 6.45) is 0.154. The molecule has 0 saturated carbocycles. The smallest absolute Gasteiger partial charge is 0.216 e. The summed E-state index contributed by atoms with van der Waals surface area (Å²) in [6.45, 7) is 5.74. The van der Waals surface area contributed by atoms with E-state index in [1.54, 1.807) is 0 Å². The Morgan fingerprint density at radius 1 is 1.43 bits per heavy atom. The Bertz CT molecular complexity index is 169. The molecule has 0 aromatic heterocycles. The molecule has 1 amide bonds. The maximum absolute atomic E-state index is 10.5. The van der Waals surface area contributed by atoms with Gasteiger partial charge >= 0.3 is 0 Å². The van der Waals surface area contributed by atoms with Crippen LogP contribution in [-0.2, 0) is 14.3 Å². The minimum Gasteiger partial charge on any atom is -0.376 e. The molecule has 0 aromatic rings. The standard InChI is InChI=1S/C9H18N2O3/c1-8(12)11-3-2-10-6-9-7-13-4-5-14-9/h9-10H,2-7H2,1H3,(H,11,12). The Labute approximate surface area is 84.1 Å². The Morgan fingerprint density at radius 3 is 2.93 bits per heavy atom. The summed E-state index contributed by atoms with van der Waals surface area (Å²) in [7, 11) is 0. The Balaban J connectivity index is 1.90. The first-order valence-electron chi connectivity index (χ1n) is 4.93. The van der Waals surface area contributed by atoms with E-state index in [9.17, 15) is 4.79 Å². The topological polar surface area (TPSA) is 59.6 Å². The lowest BCUT2D eigenvalue weighted by atomic mass is 10.3. The molecule has 1 aliphatic heterocycles. The fraction of sp³-hybridized carbons (Fsp3) is 0.889. The highest BCUT2D eigenvalue weighted by atomic mass is 16.6. The number of carbonyl (C=O) groups is 1. The number of rotatable bonds is 5. The van der Waals surface area contributed by atoms with Gasteiger partial charge in [-0.15, -0.1) is 0 Å². The normalized spacial score (nSPS) is 21.9. The molecule has 0 spiro atoms. The van der Waals surface area contributed by atoms with Gasteiger partial charge in [0.1, 0.15) is 0 Å². The van der Waals surface area contributed by atoms with Gasteiger partial charge in [0.25, 0.3) is 0 Å². The second-order valence-corrected chi connectivity index (χ2v) is 3.25. The summed E-state index contributed by atoms with van der Waals surface area (Å²) >= 11 is 0. The van der Waals surface area contributed by atoms with Crippen LogP contribution >= 0.6 is 0 Å². The Kier molecular flexibility index (Phi) is 5.51. The van der Waals surface area contributed by atoms with E-state index in [-0.39, 0.29) is 12.0 Å². The molecule has 5 heteroatoms. The van der Waals surface area contributed by atoms with E-state index in [0.717, 1.165) is 13.1 Å². The zero-order valence-electron chi connectivity index (χ0n) is 8.54. The van der Waals surface area contributed by atoms with Crippen LogP contribution in [0.1, 0.15) is 6.92 Å². The minimum absolute atomic E-state index is 0.00375. The highest BCUT2D eigenvalue weighted by Gasteiger charge is 2.12. The van der Waals surface area contributed by atoms with Gasteiger partial charge in [0.05, 0.1) is 25.9 Å². The molecule has 1 heterocycles. The lowest BCUT2D eigenvalue weighted by Crippen LogP contribution is -2.40. The van der Waals surface area contributed by atoms with Crippen molar-refractivity contribution in [2.45, 2.75) is 13.0 Å². The van der Waals surface area contributed by atoms with Gasteiger partial charge in [-0.3, -0.25) is 4.79 Å². The number of hydrogen-bond donors (Lipinski definition) is 2. The van der Waals surface area contributed by atoms with Gasteiger partial charge in [-0.25, -0.2) is 0 Å². The van der Waals surface area contributed by atoms with Crippen molar-refractivity contribution in [1.29, 1.82) is 0 Å². The van der Waals surface area contributed by atoms with Gasteiger partial charge in [-0.2, -0.15) is 0 Å².